The molecule has 0 N–H and O–H groups in total. The molecule has 0 aromatic heterocycles. The zero-order valence-electron chi connectivity index (χ0n) is 21.9. The highest BCUT2D eigenvalue weighted by Gasteiger charge is 2.33. The lowest BCUT2D eigenvalue weighted by Gasteiger charge is -2.34. The SMILES string of the molecule is CCCCCCCOC(CCCCCO[Si])(OCCCCCCC)OCCCCCCC. The third-order valence-electron chi connectivity index (χ3n) is 5.94. The van der Waals surface area contributed by atoms with Crippen molar-refractivity contribution in [1.82, 2.24) is 0 Å². The van der Waals surface area contributed by atoms with Gasteiger partial charge in [0.2, 0.25) is 10.5 Å². The molecule has 0 saturated carbocycles. The van der Waals surface area contributed by atoms with Gasteiger partial charge in [0.25, 0.3) is 5.97 Å². The van der Waals surface area contributed by atoms with E-state index in [1.165, 1.54) is 77.0 Å². The highest BCUT2D eigenvalue weighted by molar-refractivity contribution is 5.97. The van der Waals surface area contributed by atoms with Gasteiger partial charge < -0.3 is 18.6 Å². The van der Waals surface area contributed by atoms with Crippen molar-refractivity contribution in [1.29, 1.82) is 0 Å². The van der Waals surface area contributed by atoms with E-state index in [1.807, 2.05) is 0 Å². The first kappa shape index (κ1) is 32.1. The fourth-order valence-corrected chi connectivity index (χ4v) is 3.98. The molecule has 0 fully saturated rings. The van der Waals surface area contributed by atoms with E-state index in [0.29, 0.717) is 0 Å². The summed E-state index contributed by atoms with van der Waals surface area (Å²) >= 11 is 0. The molecule has 4 nitrogen and oxygen atoms in total. The highest BCUT2D eigenvalue weighted by atomic mass is 28.2. The van der Waals surface area contributed by atoms with Crippen molar-refractivity contribution in [3.05, 3.63) is 0 Å². The Morgan fingerprint density at radius 2 is 0.781 bits per heavy atom. The number of hydrogen-bond donors (Lipinski definition) is 0. The van der Waals surface area contributed by atoms with Crippen molar-refractivity contribution >= 4 is 10.5 Å². The molecule has 191 valence electrons. The van der Waals surface area contributed by atoms with E-state index in [1.54, 1.807) is 0 Å². The molecule has 0 heterocycles. The average molecular weight is 472 g/mol. The van der Waals surface area contributed by atoms with Crippen LogP contribution in [0.4, 0.5) is 0 Å². The second-order valence-corrected chi connectivity index (χ2v) is 9.42. The second-order valence-electron chi connectivity index (χ2n) is 9.13. The van der Waals surface area contributed by atoms with Gasteiger partial charge in [0.1, 0.15) is 0 Å². The fourth-order valence-electron chi connectivity index (χ4n) is 3.83. The lowest BCUT2D eigenvalue weighted by atomic mass is 10.1. The lowest BCUT2D eigenvalue weighted by molar-refractivity contribution is -0.384. The Morgan fingerprint density at radius 3 is 1.16 bits per heavy atom. The van der Waals surface area contributed by atoms with Gasteiger partial charge in [0.05, 0.1) is 19.8 Å². The Hall–Kier alpha value is 0.0569. The molecule has 0 spiro atoms. The second kappa shape index (κ2) is 25.7. The van der Waals surface area contributed by atoms with Crippen LogP contribution in [0.5, 0.6) is 0 Å². The van der Waals surface area contributed by atoms with E-state index in [2.05, 4.69) is 31.3 Å². The molecule has 0 saturated heterocycles. The van der Waals surface area contributed by atoms with Crippen LogP contribution in [0.3, 0.4) is 0 Å². The average Bonchev–Trinajstić information content (AvgIpc) is 2.80. The zero-order valence-corrected chi connectivity index (χ0v) is 22.9. The molecule has 0 aliphatic heterocycles. The minimum absolute atomic E-state index is 0.722. The minimum atomic E-state index is -0.866. The van der Waals surface area contributed by atoms with E-state index in [0.717, 1.165) is 71.4 Å². The summed E-state index contributed by atoms with van der Waals surface area (Å²) in [6, 6.07) is 0. The van der Waals surface area contributed by atoms with Crippen LogP contribution >= 0.6 is 0 Å². The molecule has 32 heavy (non-hydrogen) atoms. The lowest BCUT2D eigenvalue weighted by Crippen LogP contribution is -2.40. The van der Waals surface area contributed by atoms with E-state index in [9.17, 15) is 0 Å². The van der Waals surface area contributed by atoms with Crippen molar-refractivity contribution in [3.8, 4) is 0 Å². The molecule has 0 bridgehead atoms. The molecule has 3 radical (unpaired) electrons. The van der Waals surface area contributed by atoms with Crippen LogP contribution in [0.1, 0.15) is 143 Å². The standard InChI is InChI=1S/C27H55O4Si/c1-4-7-10-13-18-23-28-27(22-17-16-21-26-31-32,29-24-19-14-11-8-5-2)30-25-20-15-12-9-6-3/h4-26H2,1-3H3. The zero-order chi connectivity index (χ0) is 23.6. The molecule has 0 aliphatic rings. The maximum Gasteiger partial charge on any atom is 0.282 e. The number of hydrogen-bond acceptors (Lipinski definition) is 4. The molecule has 0 aliphatic carbocycles. The molecular formula is C27H55O4Si. The van der Waals surface area contributed by atoms with Gasteiger partial charge in [-0.15, -0.1) is 0 Å². The van der Waals surface area contributed by atoms with Crippen LogP contribution in [0.15, 0.2) is 0 Å². The Labute approximate surface area is 204 Å². The quantitative estimate of drug-likeness (QED) is 0.0686. The molecular weight excluding hydrogens is 416 g/mol. The van der Waals surface area contributed by atoms with Gasteiger partial charge in [-0.05, 0) is 32.1 Å². The van der Waals surface area contributed by atoms with Gasteiger partial charge in [-0.25, -0.2) is 0 Å². The van der Waals surface area contributed by atoms with E-state index < -0.39 is 5.97 Å². The number of ether oxygens (including phenoxy) is 3. The van der Waals surface area contributed by atoms with Crippen LogP contribution in [-0.2, 0) is 18.6 Å². The molecule has 0 aromatic carbocycles. The summed E-state index contributed by atoms with van der Waals surface area (Å²) in [6.07, 6.45) is 22.5. The van der Waals surface area contributed by atoms with Crippen LogP contribution in [0.2, 0.25) is 0 Å². The van der Waals surface area contributed by atoms with Crippen molar-refractivity contribution in [3.63, 3.8) is 0 Å². The van der Waals surface area contributed by atoms with Gasteiger partial charge in [-0.3, -0.25) is 0 Å². The summed E-state index contributed by atoms with van der Waals surface area (Å²) in [5, 5.41) is 0. The number of rotatable bonds is 27. The Morgan fingerprint density at radius 1 is 0.438 bits per heavy atom. The topological polar surface area (TPSA) is 36.9 Å². The third kappa shape index (κ3) is 20.6. The molecule has 5 heteroatoms. The first-order valence-electron chi connectivity index (χ1n) is 13.9. The molecule has 0 rings (SSSR count). The van der Waals surface area contributed by atoms with E-state index in [-0.39, 0.29) is 0 Å². The van der Waals surface area contributed by atoms with Crippen molar-refractivity contribution in [2.75, 3.05) is 26.4 Å². The molecule has 0 aromatic rings. The first-order valence-corrected chi connectivity index (χ1v) is 14.4. The largest absolute Gasteiger partial charge is 0.419 e. The maximum atomic E-state index is 6.39. The summed E-state index contributed by atoms with van der Waals surface area (Å²) in [5.41, 5.74) is 0. The van der Waals surface area contributed by atoms with Crippen molar-refractivity contribution in [2.24, 2.45) is 0 Å². The summed E-state index contributed by atoms with van der Waals surface area (Å²) in [7, 11) is 3.09. The van der Waals surface area contributed by atoms with Gasteiger partial charge in [0.15, 0.2) is 0 Å². The van der Waals surface area contributed by atoms with Gasteiger partial charge in [0, 0.05) is 13.0 Å². The van der Waals surface area contributed by atoms with Gasteiger partial charge >= 0.3 is 0 Å². The van der Waals surface area contributed by atoms with Crippen LogP contribution in [0, 0.1) is 0 Å². The summed E-state index contributed by atoms with van der Waals surface area (Å²) in [4.78, 5) is 0. The smallest absolute Gasteiger partial charge is 0.282 e. The Balaban J connectivity index is 4.72. The van der Waals surface area contributed by atoms with E-state index in [4.69, 9.17) is 18.6 Å². The predicted octanol–water partition coefficient (Wildman–Crippen LogP) is 8.26. The third-order valence-corrected chi connectivity index (χ3v) is 6.14. The van der Waals surface area contributed by atoms with Crippen molar-refractivity contribution in [2.45, 2.75) is 149 Å². The van der Waals surface area contributed by atoms with Crippen molar-refractivity contribution < 1.29 is 18.6 Å². The van der Waals surface area contributed by atoms with Crippen LogP contribution < -0.4 is 0 Å². The maximum absolute atomic E-state index is 6.39. The Kier molecular flexibility index (Phi) is 25.7. The predicted molar refractivity (Wildman–Crippen MR) is 137 cm³/mol. The number of unbranched alkanes of at least 4 members (excludes halogenated alkanes) is 14. The fraction of sp³-hybridized carbons (Fsp3) is 1.00. The minimum Gasteiger partial charge on any atom is -0.419 e. The first-order chi connectivity index (χ1) is 15.7. The summed E-state index contributed by atoms with van der Waals surface area (Å²) < 4.78 is 24.2. The Bertz CT molecular complexity index is 314. The normalized spacial score (nSPS) is 12.0. The van der Waals surface area contributed by atoms with Crippen LogP contribution in [0.25, 0.3) is 0 Å². The molecule has 0 unspecified atom stereocenters. The molecule has 0 atom stereocenters. The monoisotopic (exact) mass is 471 g/mol. The molecule has 0 amide bonds. The van der Waals surface area contributed by atoms with E-state index >= 15 is 0 Å². The van der Waals surface area contributed by atoms with Gasteiger partial charge in [-0.2, -0.15) is 0 Å². The van der Waals surface area contributed by atoms with Crippen LogP contribution in [-0.4, -0.2) is 42.9 Å². The summed E-state index contributed by atoms with van der Waals surface area (Å²) in [6.45, 7) is 9.66. The van der Waals surface area contributed by atoms with Gasteiger partial charge in [-0.1, -0.05) is 104 Å². The summed E-state index contributed by atoms with van der Waals surface area (Å²) in [5.74, 6) is -0.866. The highest BCUT2D eigenvalue weighted by Crippen LogP contribution is 2.26.